The molecule has 12 heteroatoms. The standard InChI is InChI=1S/C21H18Cl2F3N5O2/c22-14-6-1-11(9-15(14)23)18-17(19(27)32)16-10-30(7-8-31(16)29-18)20(33)28-13-4-2-12(3-5-13)21(24,25)26/h1-6,9,20,28,33H,7-8,10H2,(H2,27,32). The fourth-order valence-corrected chi connectivity index (χ4v) is 3.94. The van der Waals surface area contributed by atoms with Gasteiger partial charge in [-0.1, -0.05) is 29.3 Å². The maximum absolute atomic E-state index is 12.7. The van der Waals surface area contributed by atoms with Gasteiger partial charge in [-0.3, -0.25) is 14.4 Å². The van der Waals surface area contributed by atoms with Crippen LogP contribution in [0.4, 0.5) is 18.9 Å². The number of amides is 1. The fraction of sp³-hybridized carbons (Fsp3) is 0.238. The van der Waals surface area contributed by atoms with Crippen molar-refractivity contribution in [2.45, 2.75) is 25.6 Å². The van der Waals surface area contributed by atoms with E-state index in [0.29, 0.717) is 45.8 Å². The van der Waals surface area contributed by atoms with E-state index in [1.807, 2.05) is 0 Å². The van der Waals surface area contributed by atoms with Crippen molar-refractivity contribution in [2.75, 3.05) is 11.9 Å². The van der Waals surface area contributed by atoms with Crippen molar-refractivity contribution in [3.63, 3.8) is 0 Å². The van der Waals surface area contributed by atoms with Crippen LogP contribution in [0.2, 0.25) is 10.0 Å². The molecule has 1 aliphatic rings. The lowest BCUT2D eigenvalue weighted by molar-refractivity contribution is -0.137. The summed E-state index contributed by atoms with van der Waals surface area (Å²) < 4.78 is 39.9. The monoisotopic (exact) mass is 499 g/mol. The van der Waals surface area contributed by atoms with Crippen molar-refractivity contribution < 1.29 is 23.1 Å². The van der Waals surface area contributed by atoms with Gasteiger partial charge in [0.05, 0.1) is 33.4 Å². The minimum atomic E-state index is -4.44. The number of nitrogens with one attached hydrogen (secondary N) is 1. The lowest BCUT2D eigenvalue weighted by Gasteiger charge is -2.32. The zero-order chi connectivity index (χ0) is 23.9. The van der Waals surface area contributed by atoms with Crippen molar-refractivity contribution in [1.29, 1.82) is 0 Å². The smallest absolute Gasteiger partial charge is 0.365 e. The number of aliphatic hydroxyl groups is 1. The van der Waals surface area contributed by atoms with Crippen LogP contribution in [0.15, 0.2) is 42.5 Å². The van der Waals surface area contributed by atoms with Crippen LogP contribution in [-0.2, 0) is 19.3 Å². The van der Waals surface area contributed by atoms with E-state index in [-0.39, 0.29) is 12.1 Å². The van der Waals surface area contributed by atoms with E-state index in [4.69, 9.17) is 28.9 Å². The number of carbonyl (C=O) groups is 1. The molecule has 0 spiro atoms. The first-order chi connectivity index (χ1) is 15.5. The highest BCUT2D eigenvalue weighted by atomic mass is 35.5. The van der Waals surface area contributed by atoms with E-state index < -0.39 is 24.0 Å². The molecule has 3 aromatic rings. The molecule has 1 amide bonds. The molecule has 33 heavy (non-hydrogen) atoms. The minimum absolute atomic E-state index is 0.126. The number of anilines is 1. The summed E-state index contributed by atoms with van der Waals surface area (Å²) in [7, 11) is 0. The Morgan fingerprint density at radius 1 is 1.12 bits per heavy atom. The zero-order valence-electron chi connectivity index (χ0n) is 16.9. The first kappa shape index (κ1) is 23.4. The zero-order valence-corrected chi connectivity index (χ0v) is 18.4. The summed E-state index contributed by atoms with van der Waals surface area (Å²) in [4.78, 5) is 13.9. The van der Waals surface area contributed by atoms with E-state index >= 15 is 0 Å². The van der Waals surface area contributed by atoms with Gasteiger partial charge in [-0.15, -0.1) is 0 Å². The van der Waals surface area contributed by atoms with Crippen molar-refractivity contribution in [3.05, 3.63) is 69.3 Å². The summed E-state index contributed by atoms with van der Waals surface area (Å²) in [5, 5.41) is 18.5. The van der Waals surface area contributed by atoms with Crippen LogP contribution in [0, 0.1) is 0 Å². The van der Waals surface area contributed by atoms with Crippen molar-refractivity contribution in [3.8, 4) is 11.3 Å². The Morgan fingerprint density at radius 2 is 1.82 bits per heavy atom. The third-order valence-corrected chi connectivity index (χ3v) is 6.04. The highest BCUT2D eigenvalue weighted by molar-refractivity contribution is 6.42. The topological polar surface area (TPSA) is 96.4 Å². The molecule has 0 saturated heterocycles. The molecule has 7 nitrogen and oxygen atoms in total. The third-order valence-electron chi connectivity index (χ3n) is 5.30. The molecule has 1 aliphatic heterocycles. The largest absolute Gasteiger partial charge is 0.416 e. The van der Waals surface area contributed by atoms with Gasteiger partial charge in [0.2, 0.25) is 0 Å². The molecule has 0 fully saturated rings. The van der Waals surface area contributed by atoms with Gasteiger partial charge in [-0.2, -0.15) is 18.3 Å². The maximum atomic E-state index is 12.7. The molecule has 0 bridgehead atoms. The highest BCUT2D eigenvalue weighted by Crippen LogP contribution is 2.33. The second-order valence-corrected chi connectivity index (χ2v) is 8.26. The second-order valence-electron chi connectivity index (χ2n) is 7.45. The predicted octanol–water partition coefficient (Wildman–Crippen LogP) is 4.18. The molecule has 4 rings (SSSR count). The van der Waals surface area contributed by atoms with Crippen molar-refractivity contribution >= 4 is 34.8 Å². The molecule has 174 valence electrons. The van der Waals surface area contributed by atoms with E-state index in [0.717, 1.165) is 12.1 Å². The predicted molar refractivity (Wildman–Crippen MR) is 118 cm³/mol. The Bertz CT molecular complexity index is 1200. The van der Waals surface area contributed by atoms with Crippen molar-refractivity contribution in [2.24, 2.45) is 5.73 Å². The Morgan fingerprint density at radius 3 is 2.42 bits per heavy atom. The van der Waals surface area contributed by atoms with Crippen LogP contribution >= 0.6 is 23.2 Å². The van der Waals surface area contributed by atoms with Gasteiger partial charge in [-0.25, -0.2) is 0 Å². The van der Waals surface area contributed by atoms with E-state index in [2.05, 4.69) is 10.4 Å². The normalized spacial score (nSPS) is 15.2. The first-order valence-corrected chi connectivity index (χ1v) is 10.5. The Kier molecular flexibility index (Phi) is 6.28. The van der Waals surface area contributed by atoms with Gasteiger partial charge in [0.1, 0.15) is 5.69 Å². The molecule has 0 radical (unpaired) electrons. The highest BCUT2D eigenvalue weighted by Gasteiger charge is 2.31. The number of nitrogens with zero attached hydrogens (tertiary/aromatic N) is 3. The van der Waals surface area contributed by atoms with Crippen LogP contribution in [0.5, 0.6) is 0 Å². The second kappa shape index (κ2) is 8.86. The number of aromatic nitrogens is 2. The molecule has 1 unspecified atom stereocenters. The van der Waals surface area contributed by atoms with Crippen LogP contribution in [-0.4, -0.2) is 38.6 Å². The molecule has 2 aromatic carbocycles. The number of carbonyl (C=O) groups excluding carboxylic acids is 1. The van der Waals surface area contributed by atoms with Gasteiger partial charge >= 0.3 is 6.18 Å². The molecular formula is C21H18Cl2F3N5O2. The fourth-order valence-electron chi connectivity index (χ4n) is 3.65. The van der Waals surface area contributed by atoms with Gasteiger partial charge in [0, 0.05) is 24.3 Å². The van der Waals surface area contributed by atoms with E-state index in [1.165, 1.54) is 12.1 Å². The third kappa shape index (κ3) is 4.79. The number of benzene rings is 2. The molecule has 2 heterocycles. The van der Waals surface area contributed by atoms with Crippen LogP contribution in [0.3, 0.4) is 0 Å². The number of primary amides is 1. The van der Waals surface area contributed by atoms with Crippen LogP contribution in [0.25, 0.3) is 11.3 Å². The van der Waals surface area contributed by atoms with Crippen molar-refractivity contribution in [1.82, 2.24) is 14.7 Å². The van der Waals surface area contributed by atoms with E-state index in [1.54, 1.807) is 27.8 Å². The van der Waals surface area contributed by atoms with E-state index in [9.17, 15) is 23.1 Å². The molecule has 1 atom stereocenters. The van der Waals surface area contributed by atoms with Crippen LogP contribution < -0.4 is 11.1 Å². The maximum Gasteiger partial charge on any atom is 0.416 e. The number of nitrogens with two attached hydrogens (primary N) is 1. The molecule has 1 aromatic heterocycles. The number of rotatable bonds is 5. The number of aliphatic hydroxyl groups excluding tert-OH is 1. The molecular weight excluding hydrogens is 482 g/mol. The Balaban J connectivity index is 1.57. The molecule has 0 aliphatic carbocycles. The minimum Gasteiger partial charge on any atom is -0.365 e. The van der Waals surface area contributed by atoms with Gasteiger partial charge in [0.25, 0.3) is 5.91 Å². The molecule has 4 N–H and O–H groups in total. The van der Waals surface area contributed by atoms with Gasteiger partial charge in [-0.05, 0) is 36.4 Å². The summed E-state index contributed by atoms with van der Waals surface area (Å²) in [6, 6.07) is 9.17. The quantitative estimate of drug-likeness (QED) is 0.457. The SMILES string of the molecule is NC(=O)c1c(-c2ccc(Cl)c(Cl)c2)nn2c1CN(C(O)Nc1ccc(C(F)(F)F)cc1)CC2. The van der Waals surface area contributed by atoms with Crippen LogP contribution in [0.1, 0.15) is 21.6 Å². The van der Waals surface area contributed by atoms with Gasteiger partial charge < -0.3 is 16.2 Å². The summed E-state index contributed by atoms with van der Waals surface area (Å²) in [6.07, 6.45) is -5.67. The summed E-state index contributed by atoms with van der Waals surface area (Å²) >= 11 is 12.1. The first-order valence-electron chi connectivity index (χ1n) is 9.75. The molecule has 0 saturated carbocycles. The summed E-state index contributed by atoms with van der Waals surface area (Å²) in [5.74, 6) is -0.690. The average Bonchev–Trinajstić information content (AvgIpc) is 3.14. The summed E-state index contributed by atoms with van der Waals surface area (Å²) in [6.45, 7) is 0.840. The number of fused-ring (bicyclic) bond motifs is 1. The lowest BCUT2D eigenvalue weighted by Crippen LogP contribution is -2.45. The average molecular weight is 500 g/mol. The number of hydrogen-bond acceptors (Lipinski definition) is 5. The number of hydrogen-bond donors (Lipinski definition) is 3. The lowest BCUT2D eigenvalue weighted by atomic mass is 10.0. The Hall–Kier alpha value is -2.79. The Labute approximate surface area is 196 Å². The number of halogens is 5. The number of alkyl halides is 3. The summed E-state index contributed by atoms with van der Waals surface area (Å²) in [5.41, 5.74) is 6.77. The van der Waals surface area contributed by atoms with Gasteiger partial charge in [0.15, 0.2) is 6.35 Å².